The van der Waals surface area contributed by atoms with E-state index < -0.39 is 9.84 Å². The molecule has 0 saturated heterocycles. The number of sulfone groups is 1. The third-order valence-electron chi connectivity index (χ3n) is 2.60. The first-order chi connectivity index (χ1) is 9.00. The first-order valence-electron chi connectivity index (χ1n) is 5.78. The second kappa shape index (κ2) is 5.50. The Morgan fingerprint density at radius 3 is 2.53 bits per heavy atom. The number of nitrogens with zero attached hydrogens (tertiary/aromatic N) is 2. The van der Waals surface area contributed by atoms with Crippen molar-refractivity contribution in [3.63, 3.8) is 0 Å². The lowest BCUT2D eigenvalue weighted by molar-refractivity contribution is 0.422. The number of hydrogen-bond acceptors (Lipinski definition) is 6. The average Bonchev–Trinajstić information content (AvgIpc) is 2.84. The molecule has 102 valence electrons. The Labute approximate surface area is 111 Å². The van der Waals surface area contributed by atoms with E-state index >= 15 is 0 Å². The number of hydrogen-bond donors (Lipinski definition) is 1. The van der Waals surface area contributed by atoms with Crippen LogP contribution in [-0.2, 0) is 16.3 Å². The Kier molecular flexibility index (Phi) is 3.96. The fourth-order valence-corrected chi connectivity index (χ4v) is 2.18. The predicted molar refractivity (Wildman–Crippen MR) is 70.5 cm³/mol. The third kappa shape index (κ3) is 3.39. The van der Waals surface area contributed by atoms with Crippen molar-refractivity contribution in [1.29, 1.82) is 0 Å². The van der Waals surface area contributed by atoms with Gasteiger partial charge in [0.2, 0.25) is 0 Å². The molecular formula is C12H15N3O3S. The van der Waals surface area contributed by atoms with Gasteiger partial charge in [-0.05, 0) is 31.3 Å². The van der Waals surface area contributed by atoms with Crippen molar-refractivity contribution in [2.75, 3.05) is 19.8 Å². The van der Waals surface area contributed by atoms with Gasteiger partial charge in [-0.2, -0.15) is 4.98 Å². The highest BCUT2D eigenvalue weighted by atomic mass is 32.2. The van der Waals surface area contributed by atoms with Crippen LogP contribution in [0.25, 0.3) is 11.5 Å². The van der Waals surface area contributed by atoms with Gasteiger partial charge in [0.15, 0.2) is 15.7 Å². The largest absolute Gasteiger partial charge is 0.334 e. The van der Waals surface area contributed by atoms with Crippen LogP contribution >= 0.6 is 0 Å². The quantitative estimate of drug-likeness (QED) is 0.876. The summed E-state index contributed by atoms with van der Waals surface area (Å²) in [6, 6.07) is 6.38. The topological polar surface area (TPSA) is 85.1 Å². The van der Waals surface area contributed by atoms with Crippen LogP contribution in [0.15, 0.2) is 33.7 Å². The van der Waals surface area contributed by atoms with Crippen molar-refractivity contribution in [1.82, 2.24) is 15.5 Å². The highest BCUT2D eigenvalue weighted by Gasteiger charge is 2.11. The predicted octanol–water partition coefficient (Wildman–Crippen LogP) is 0.902. The number of rotatable bonds is 5. The second-order valence-corrected chi connectivity index (χ2v) is 6.18. The van der Waals surface area contributed by atoms with E-state index in [0.29, 0.717) is 23.7 Å². The van der Waals surface area contributed by atoms with Crippen LogP contribution in [-0.4, -0.2) is 38.4 Å². The lowest BCUT2D eigenvalue weighted by Crippen LogP contribution is -2.10. The zero-order chi connectivity index (χ0) is 13.9. The summed E-state index contributed by atoms with van der Waals surface area (Å²) in [7, 11) is -1.33. The normalized spacial score (nSPS) is 11.7. The molecule has 0 amide bonds. The van der Waals surface area contributed by atoms with Gasteiger partial charge in [0.05, 0.1) is 4.90 Å². The van der Waals surface area contributed by atoms with Gasteiger partial charge in [-0.15, -0.1) is 0 Å². The lowest BCUT2D eigenvalue weighted by Gasteiger charge is -1.98. The minimum absolute atomic E-state index is 0.270. The maximum Gasteiger partial charge on any atom is 0.257 e. The van der Waals surface area contributed by atoms with E-state index in [1.165, 1.54) is 18.4 Å². The van der Waals surface area contributed by atoms with Gasteiger partial charge >= 0.3 is 0 Å². The highest BCUT2D eigenvalue weighted by molar-refractivity contribution is 7.90. The molecule has 6 nitrogen and oxygen atoms in total. The maximum atomic E-state index is 11.3. The van der Waals surface area contributed by atoms with Crippen LogP contribution in [0.3, 0.4) is 0 Å². The SMILES string of the molecule is CNCCc1noc(-c2ccc(S(C)(=O)=O)cc2)n1. The average molecular weight is 281 g/mol. The van der Waals surface area contributed by atoms with Gasteiger partial charge in [-0.1, -0.05) is 5.16 Å². The zero-order valence-corrected chi connectivity index (χ0v) is 11.6. The standard InChI is InChI=1S/C12H15N3O3S/c1-13-8-7-11-14-12(18-15-11)9-3-5-10(6-4-9)19(2,16)17/h3-6,13H,7-8H2,1-2H3. The van der Waals surface area contributed by atoms with E-state index in [-0.39, 0.29) is 4.90 Å². The summed E-state index contributed by atoms with van der Waals surface area (Å²) in [6.45, 7) is 0.770. The molecule has 0 saturated carbocycles. The summed E-state index contributed by atoms with van der Waals surface area (Å²) in [5.41, 5.74) is 0.704. The highest BCUT2D eigenvalue weighted by Crippen LogP contribution is 2.19. The lowest BCUT2D eigenvalue weighted by atomic mass is 10.2. The minimum atomic E-state index is -3.18. The molecular weight excluding hydrogens is 266 g/mol. The van der Waals surface area contributed by atoms with Crippen LogP contribution in [0.1, 0.15) is 5.82 Å². The Balaban J connectivity index is 2.20. The molecule has 0 radical (unpaired) electrons. The molecule has 0 aliphatic heterocycles. The molecule has 0 unspecified atom stereocenters. The fraction of sp³-hybridized carbons (Fsp3) is 0.333. The summed E-state index contributed by atoms with van der Waals surface area (Å²) in [5.74, 6) is 1.02. The van der Waals surface area contributed by atoms with E-state index in [9.17, 15) is 8.42 Å². The molecule has 2 aromatic rings. The number of benzene rings is 1. The molecule has 1 N–H and O–H groups in total. The fourth-order valence-electron chi connectivity index (χ4n) is 1.55. The van der Waals surface area contributed by atoms with E-state index in [1.807, 2.05) is 7.05 Å². The van der Waals surface area contributed by atoms with Crippen molar-refractivity contribution in [2.24, 2.45) is 0 Å². The summed E-state index contributed by atoms with van der Waals surface area (Å²) in [5, 5.41) is 6.86. The Hall–Kier alpha value is -1.73. The summed E-state index contributed by atoms with van der Waals surface area (Å²) in [4.78, 5) is 4.51. The van der Waals surface area contributed by atoms with Crippen LogP contribution in [0.5, 0.6) is 0 Å². The zero-order valence-electron chi connectivity index (χ0n) is 10.8. The van der Waals surface area contributed by atoms with Crippen molar-refractivity contribution < 1.29 is 12.9 Å². The smallest absolute Gasteiger partial charge is 0.257 e. The van der Waals surface area contributed by atoms with E-state index in [1.54, 1.807) is 12.1 Å². The maximum absolute atomic E-state index is 11.3. The molecule has 19 heavy (non-hydrogen) atoms. The first-order valence-corrected chi connectivity index (χ1v) is 7.67. The number of aromatic nitrogens is 2. The van der Waals surface area contributed by atoms with Crippen molar-refractivity contribution in [3.8, 4) is 11.5 Å². The molecule has 0 bridgehead atoms. The Bertz CT molecular complexity index is 647. The molecule has 0 spiro atoms. The summed E-state index contributed by atoms with van der Waals surface area (Å²) in [6.07, 6.45) is 1.85. The van der Waals surface area contributed by atoms with E-state index in [4.69, 9.17) is 4.52 Å². The van der Waals surface area contributed by atoms with Crippen LogP contribution < -0.4 is 5.32 Å². The van der Waals surface area contributed by atoms with Crippen molar-refractivity contribution >= 4 is 9.84 Å². The Morgan fingerprint density at radius 1 is 1.26 bits per heavy atom. The van der Waals surface area contributed by atoms with Gasteiger partial charge in [0.25, 0.3) is 5.89 Å². The van der Waals surface area contributed by atoms with Gasteiger partial charge in [0, 0.05) is 24.8 Å². The minimum Gasteiger partial charge on any atom is -0.334 e. The van der Waals surface area contributed by atoms with Gasteiger partial charge < -0.3 is 9.84 Å². The molecule has 0 aliphatic carbocycles. The Morgan fingerprint density at radius 2 is 1.95 bits per heavy atom. The molecule has 7 heteroatoms. The van der Waals surface area contributed by atoms with Crippen LogP contribution in [0.2, 0.25) is 0 Å². The molecule has 2 rings (SSSR count). The first kappa shape index (κ1) is 13.7. The van der Waals surface area contributed by atoms with Crippen LogP contribution in [0, 0.1) is 0 Å². The molecule has 1 heterocycles. The van der Waals surface area contributed by atoms with E-state index in [0.717, 1.165) is 6.54 Å². The van der Waals surface area contributed by atoms with Gasteiger partial charge in [-0.3, -0.25) is 0 Å². The molecule has 0 aliphatic rings. The van der Waals surface area contributed by atoms with Crippen molar-refractivity contribution in [2.45, 2.75) is 11.3 Å². The molecule has 0 atom stereocenters. The van der Waals surface area contributed by atoms with Crippen molar-refractivity contribution in [3.05, 3.63) is 30.1 Å². The second-order valence-electron chi connectivity index (χ2n) is 4.17. The number of nitrogens with one attached hydrogen (secondary N) is 1. The summed E-state index contributed by atoms with van der Waals surface area (Å²) >= 11 is 0. The molecule has 0 fully saturated rings. The summed E-state index contributed by atoms with van der Waals surface area (Å²) < 4.78 is 27.8. The monoisotopic (exact) mass is 281 g/mol. The number of likely N-dealkylation sites (N-methyl/N-ethyl adjacent to an activating group) is 1. The van der Waals surface area contributed by atoms with Crippen LogP contribution in [0.4, 0.5) is 0 Å². The van der Waals surface area contributed by atoms with E-state index in [2.05, 4.69) is 15.5 Å². The molecule has 1 aromatic heterocycles. The van der Waals surface area contributed by atoms with Gasteiger partial charge in [0.1, 0.15) is 0 Å². The third-order valence-corrected chi connectivity index (χ3v) is 3.72. The van der Waals surface area contributed by atoms with Gasteiger partial charge in [-0.25, -0.2) is 8.42 Å². The molecule has 1 aromatic carbocycles.